The average Bonchev–Trinajstić information content (AvgIpc) is 3.07. The van der Waals surface area contributed by atoms with E-state index in [1.54, 1.807) is 38.1 Å². The van der Waals surface area contributed by atoms with Crippen molar-refractivity contribution in [3.05, 3.63) is 81.9 Å². The first kappa shape index (κ1) is 23.9. The number of ether oxygens (including phenoxy) is 4. The molecule has 0 aliphatic carbocycles. The van der Waals surface area contributed by atoms with Gasteiger partial charge in [-0.05, 0) is 74.4 Å². The Labute approximate surface area is 202 Å². The third-order valence-corrected chi connectivity index (χ3v) is 5.65. The predicted octanol–water partition coefficient (Wildman–Crippen LogP) is 5.71. The van der Waals surface area contributed by atoms with Crippen LogP contribution < -0.4 is 24.4 Å². The first-order valence-electron chi connectivity index (χ1n) is 11.1. The molecular formula is C28H26O7. The summed E-state index contributed by atoms with van der Waals surface area (Å²) in [5.41, 5.74) is 1.42. The second-order valence-corrected chi connectivity index (χ2v) is 7.85. The van der Waals surface area contributed by atoms with Crippen molar-refractivity contribution in [2.45, 2.75) is 20.8 Å². The van der Waals surface area contributed by atoms with Crippen molar-refractivity contribution in [2.75, 3.05) is 20.8 Å². The van der Waals surface area contributed by atoms with E-state index in [0.717, 1.165) is 11.3 Å². The van der Waals surface area contributed by atoms with E-state index in [2.05, 4.69) is 0 Å². The molecule has 0 saturated carbocycles. The second-order valence-electron chi connectivity index (χ2n) is 7.85. The van der Waals surface area contributed by atoms with Crippen molar-refractivity contribution in [3.8, 4) is 34.1 Å². The normalized spacial score (nSPS) is 10.8. The van der Waals surface area contributed by atoms with E-state index < -0.39 is 5.97 Å². The van der Waals surface area contributed by atoms with Crippen molar-refractivity contribution < 1.29 is 28.2 Å². The van der Waals surface area contributed by atoms with Gasteiger partial charge in [-0.15, -0.1) is 0 Å². The van der Waals surface area contributed by atoms with Crippen LogP contribution in [-0.4, -0.2) is 26.8 Å². The van der Waals surface area contributed by atoms with E-state index in [9.17, 15) is 9.59 Å². The molecule has 0 bridgehead atoms. The lowest BCUT2D eigenvalue weighted by molar-refractivity contribution is 0.0736. The minimum atomic E-state index is -0.609. The number of carbonyl (C=O) groups excluding carboxylic acids is 1. The maximum absolute atomic E-state index is 13.2. The molecule has 0 radical (unpaired) electrons. The SMILES string of the molecule is CCOc1ccc(-c2cc(OC(=O)c3ccc(OC)c(OC)c3)c3c(C)oc(C)c3c(=O)c2)cc1. The Bertz CT molecular complexity index is 1450. The zero-order valence-corrected chi connectivity index (χ0v) is 20.3. The summed E-state index contributed by atoms with van der Waals surface area (Å²) >= 11 is 0. The molecule has 3 aromatic carbocycles. The van der Waals surface area contributed by atoms with Crippen LogP contribution in [-0.2, 0) is 0 Å². The van der Waals surface area contributed by atoms with Crippen LogP contribution in [0.1, 0.15) is 28.8 Å². The Morgan fingerprint density at radius 2 is 1.49 bits per heavy atom. The van der Waals surface area contributed by atoms with E-state index in [1.807, 2.05) is 31.2 Å². The van der Waals surface area contributed by atoms with E-state index in [0.29, 0.717) is 46.0 Å². The molecule has 7 nitrogen and oxygen atoms in total. The summed E-state index contributed by atoms with van der Waals surface area (Å²) in [5.74, 6) is 2.18. The fourth-order valence-corrected chi connectivity index (χ4v) is 4.03. The predicted molar refractivity (Wildman–Crippen MR) is 133 cm³/mol. The van der Waals surface area contributed by atoms with Crippen molar-refractivity contribution in [2.24, 2.45) is 0 Å². The van der Waals surface area contributed by atoms with Crippen molar-refractivity contribution >= 4 is 16.7 Å². The largest absolute Gasteiger partial charge is 0.494 e. The standard InChI is InChI=1S/C28H26O7/c1-6-33-21-10-7-18(8-11-21)20-13-22(29)26-16(2)34-17(3)27(26)25(15-20)35-28(30)19-9-12-23(31-4)24(14-19)32-5/h7-15H,6H2,1-5H3. The molecule has 4 rings (SSSR count). The monoisotopic (exact) mass is 474 g/mol. The smallest absolute Gasteiger partial charge is 0.343 e. The molecule has 0 spiro atoms. The van der Waals surface area contributed by atoms with Crippen LogP contribution in [0.25, 0.3) is 21.9 Å². The van der Waals surface area contributed by atoms with Gasteiger partial charge < -0.3 is 23.4 Å². The molecule has 180 valence electrons. The highest BCUT2D eigenvalue weighted by Gasteiger charge is 2.20. The average molecular weight is 475 g/mol. The molecule has 1 aromatic heterocycles. The van der Waals surface area contributed by atoms with Crippen LogP contribution in [0.2, 0.25) is 0 Å². The lowest BCUT2D eigenvalue weighted by atomic mass is 10.1. The van der Waals surface area contributed by atoms with Gasteiger partial charge in [-0.25, -0.2) is 4.79 Å². The molecular weight excluding hydrogens is 448 g/mol. The molecule has 0 amide bonds. The number of furan rings is 1. The van der Waals surface area contributed by atoms with Gasteiger partial charge >= 0.3 is 5.97 Å². The number of hydrogen-bond acceptors (Lipinski definition) is 7. The van der Waals surface area contributed by atoms with Crippen LogP contribution in [0.5, 0.6) is 23.0 Å². The molecule has 0 atom stereocenters. The van der Waals surface area contributed by atoms with Gasteiger partial charge in [0.15, 0.2) is 16.9 Å². The summed E-state index contributed by atoms with van der Waals surface area (Å²) in [6.07, 6.45) is 0. The Balaban J connectivity index is 1.85. The minimum absolute atomic E-state index is 0.222. The molecule has 0 aliphatic heterocycles. The highest BCUT2D eigenvalue weighted by molar-refractivity contribution is 5.98. The fraction of sp³-hybridized carbons (Fsp3) is 0.214. The summed E-state index contributed by atoms with van der Waals surface area (Å²) in [6.45, 7) is 5.92. The molecule has 0 N–H and O–H groups in total. The van der Waals surface area contributed by atoms with Gasteiger partial charge in [0.2, 0.25) is 0 Å². The van der Waals surface area contributed by atoms with Gasteiger partial charge in [0.05, 0.1) is 37.2 Å². The molecule has 1 heterocycles. The first-order valence-corrected chi connectivity index (χ1v) is 11.1. The number of esters is 1. The van der Waals surface area contributed by atoms with Gasteiger partial charge in [0.25, 0.3) is 0 Å². The van der Waals surface area contributed by atoms with Crippen LogP contribution in [0.3, 0.4) is 0 Å². The third kappa shape index (κ3) is 4.71. The van der Waals surface area contributed by atoms with Gasteiger partial charge in [-0.1, -0.05) is 12.1 Å². The second kappa shape index (κ2) is 9.93. The van der Waals surface area contributed by atoms with Crippen LogP contribution in [0, 0.1) is 13.8 Å². The third-order valence-electron chi connectivity index (χ3n) is 5.65. The molecule has 0 aliphatic rings. The van der Waals surface area contributed by atoms with E-state index in [1.165, 1.54) is 20.3 Å². The van der Waals surface area contributed by atoms with E-state index in [-0.39, 0.29) is 16.7 Å². The number of benzene rings is 2. The van der Waals surface area contributed by atoms with Crippen LogP contribution >= 0.6 is 0 Å². The Kier molecular flexibility index (Phi) is 6.78. The molecule has 0 unspecified atom stereocenters. The summed E-state index contributed by atoms with van der Waals surface area (Å²) in [6, 6.07) is 15.3. The van der Waals surface area contributed by atoms with Crippen molar-refractivity contribution in [3.63, 3.8) is 0 Å². The summed E-state index contributed by atoms with van der Waals surface area (Å²) in [7, 11) is 3.01. The molecule has 7 heteroatoms. The van der Waals surface area contributed by atoms with E-state index >= 15 is 0 Å². The Morgan fingerprint density at radius 1 is 0.800 bits per heavy atom. The molecule has 4 aromatic rings. The van der Waals surface area contributed by atoms with Crippen molar-refractivity contribution in [1.82, 2.24) is 0 Å². The summed E-state index contributed by atoms with van der Waals surface area (Å²) in [4.78, 5) is 26.3. The number of aryl methyl sites for hydroxylation is 2. The Morgan fingerprint density at radius 3 is 2.14 bits per heavy atom. The lowest BCUT2D eigenvalue weighted by Crippen LogP contribution is -2.09. The zero-order chi connectivity index (χ0) is 25.1. The Hall–Kier alpha value is -4.26. The van der Waals surface area contributed by atoms with Gasteiger partial charge in [0, 0.05) is 0 Å². The highest BCUT2D eigenvalue weighted by Crippen LogP contribution is 2.35. The first-order chi connectivity index (χ1) is 16.9. The van der Waals surface area contributed by atoms with Crippen LogP contribution in [0.15, 0.2) is 63.8 Å². The lowest BCUT2D eigenvalue weighted by Gasteiger charge is -2.10. The number of hydrogen-bond donors (Lipinski definition) is 0. The minimum Gasteiger partial charge on any atom is -0.494 e. The number of carbonyl (C=O) groups is 1. The number of fused-ring (bicyclic) bond motifs is 1. The highest BCUT2D eigenvalue weighted by atomic mass is 16.5. The topological polar surface area (TPSA) is 84.2 Å². The maximum Gasteiger partial charge on any atom is 0.343 e. The fourth-order valence-electron chi connectivity index (χ4n) is 4.03. The van der Waals surface area contributed by atoms with Crippen molar-refractivity contribution in [1.29, 1.82) is 0 Å². The quantitative estimate of drug-likeness (QED) is 0.317. The van der Waals surface area contributed by atoms with Gasteiger partial charge in [-0.2, -0.15) is 0 Å². The molecule has 0 saturated heterocycles. The van der Waals surface area contributed by atoms with E-state index in [4.69, 9.17) is 23.4 Å². The van der Waals surface area contributed by atoms with Crippen LogP contribution in [0.4, 0.5) is 0 Å². The zero-order valence-electron chi connectivity index (χ0n) is 20.3. The van der Waals surface area contributed by atoms with Gasteiger partial charge in [0.1, 0.15) is 23.0 Å². The maximum atomic E-state index is 13.2. The number of methoxy groups -OCH3 is 2. The molecule has 0 fully saturated rings. The number of rotatable bonds is 7. The van der Waals surface area contributed by atoms with Gasteiger partial charge in [-0.3, -0.25) is 4.79 Å². The molecule has 35 heavy (non-hydrogen) atoms. The summed E-state index contributed by atoms with van der Waals surface area (Å²) in [5, 5.41) is 0.827. The summed E-state index contributed by atoms with van der Waals surface area (Å²) < 4.78 is 27.7.